The van der Waals surface area contributed by atoms with Crippen LogP contribution in [0.5, 0.6) is 0 Å². The van der Waals surface area contributed by atoms with Crippen LogP contribution < -0.4 is 11.1 Å². The Morgan fingerprint density at radius 1 is 1.62 bits per heavy atom. The molecule has 2 rings (SSSR count). The van der Waals surface area contributed by atoms with Gasteiger partial charge in [-0.2, -0.15) is 4.98 Å². The Kier molecular flexibility index (Phi) is 3.22. The van der Waals surface area contributed by atoms with Crippen molar-refractivity contribution < 1.29 is 9.32 Å². The smallest absolute Gasteiger partial charge is 0.240 e. The van der Waals surface area contributed by atoms with Crippen molar-refractivity contribution in [2.75, 3.05) is 6.54 Å². The lowest BCUT2D eigenvalue weighted by Gasteiger charge is -1.95. The van der Waals surface area contributed by atoms with Gasteiger partial charge in [0.05, 0.1) is 23.5 Å². The molecule has 8 heteroatoms. The van der Waals surface area contributed by atoms with E-state index in [1.807, 2.05) is 0 Å². The van der Waals surface area contributed by atoms with Gasteiger partial charge in [0.15, 0.2) is 0 Å². The lowest BCUT2D eigenvalue weighted by Crippen LogP contribution is -2.28. The summed E-state index contributed by atoms with van der Waals surface area (Å²) in [7, 11) is 0. The van der Waals surface area contributed by atoms with Crippen molar-refractivity contribution in [3.8, 4) is 10.7 Å². The summed E-state index contributed by atoms with van der Waals surface area (Å²) in [6.07, 6.45) is 1.66. The molecule has 0 unspecified atom stereocenters. The van der Waals surface area contributed by atoms with E-state index >= 15 is 0 Å². The van der Waals surface area contributed by atoms with Crippen molar-refractivity contribution in [2.45, 2.75) is 6.54 Å². The molecule has 3 N–H and O–H groups in total. The van der Waals surface area contributed by atoms with Crippen LogP contribution >= 0.6 is 11.3 Å². The number of nitrogens with one attached hydrogen (secondary N) is 1. The molecule has 0 spiro atoms. The number of aromatic nitrogens is 3. The van der Waals surface area contributed by atoms with Gasteiger partial charge in [0.2, 0.25) is 17.6 Å². The molecule has 0 bridgehead atoms. The third kappa shape index (κ3) is 2.61. The van der Waals surface area contributed by atoms with Gasteiger partial charge in [-0.05, 0) is 0 Å². The van der Waals surface area contributed by atoms with Gasteiger partial charge in [-0.1, -0.05) is 5.16 Å². The van der Waals surface area contributed by atoms with Crippen molar-refractivity contribution in [1.29, 1.82) is 0 Å². The SMILES string of the molecule is NC(=O)CNCc1nc(-c2cncs2)no1. The van der Waals surface area contributed by atoms with E-state index in [0.717, 1.165) is 4.88 Å². The Bertz CT molecular complexity index is 466. The molecule has 0 aliphatic carbocycles. The largest absolute Gasteiger partial charge is 0.369 e. The van der Waals surface area contributed by atoms with Gasteiger partial charge in [0, 0.05) is 6.20 Å². The summed E-state index contributed by atoms with van der Waals surface area (Å²) in [5.41, 5.74) is 6.66. The van der Waals surface area contributed by atoms with Crippen molar-refractivity contribution in [2.24, 2.45) is 5.73 Å². The molecular weight excluding hydrogens is 230 g/mol. The minimum absolute atomic E-state index is 0.0816. The number of nitrogens with two attached hydrogens (primary N) is 1. The number of primary amides is 1. The van der Waals surface area contributed by atoms with Crippen LogP contribution in [0.4, 0.5) is 0 Å². The van der Waals surface area contributed by atoms with Crippen LogP contribution in [-0.4, -0.2) is 27.6 Å². The Hall–Kier alpha value is -1.80. The summed E-state index contributed by atoms with van der Waals surface area (Å²) in [5, 5.41) is 6.56. The molecule has 0 fully saturated rings. The Morgan fingerprint density at radius 3 is 3.19 bits per heavy atom. The van der Waals surface area contributed by atoms with Gasteiger partial charge in [0.1, 0.15) is 0 Å². The second kappa shape index (κ2) is 4.81. The van der Waals surface area contributed by atoms with Gasteiger partial charge >= 0.3 is 0 Å². The zero-order valence-electron chi connectivity index (χ0n) is 8.21. The Balaban J connectivity index is 1.95. The number of nitrogens with zero attached hydrogens (tertiary/aromatic N) is 3. The molecule has 0 aliphatic rings. The molecule has 0 radical (unpaired) electrons. The fourth-order valence-electron chi connectivity index (χ4n) is 1.05. The van der Waals surface area contributed by atoms with E-state index in [9.17, 15) is 4.79 Å². The topological polar surface area (TPSA) is 107 Å². The minimum Gasteiger partial charge on any atom is -0.369 e. The van der Waals surface area contributed by atoms with Crippen LogP contribution in [0.1, 0.15) is 5.89 Å². The highest BCUT2D eigenvalue weighted by Crippen LogP contribution is 2.19. The van der Waals surface area contributed by atoms with E-state index in [2.05, 4.69) is 20.4 Å². The molecule has 84 valence electrons. The van der Waals surface area contributed by atoms with Gasteiger partial charge in [0.25, 0.3) is 0 Å². The second-order valence-corrected chi connectivity index (χ2v) is 3.83. The summed E-state index contributed by atoms with van der Waals surface area (Å²) in [6, 6.07) is 0. The van der Waals surface area contributed by atoms with Crippen molar-refractivity contribution in [3.63, 3.8) is 0 Å². The molecule has 0 saturated heterocycles. The van der Waals surface area contributed by atoms with Crippen LogP contribution in [0.15, 0.2) is 16.2 Å². The molecule has 2 aromatic rings. The monoisotopic (exact) mass is 239 g/mol. The van der Waals surface area contributed by atoms with Crippen LogP contribution in [0.3, 0.4) is 0 Å². The Morgan fingerprint density at radius 2 is 2.50 bits per heavy atom. The maximum absolute atomic E-state index is 10.5. The fraction of sp³-hybridized carbons (Fsp3) is 0.250. The lowest BCUT2D eigenvalue weighted by atomic mass is 10.5. The summed E-state index contributed by atoms with van der Waals surface area (Å²) >= 11 is 1.43. The maximum Gasteiger partial charge on any atom is 0.240 e. The molecule has 0 atom stereocenters. The molecule has 0 aliphatic heterocycles. The van der Waals surface area contributed by atoms with Crippen molar-refractivity contribution in [3.05, 3.63) is 17.6 Å². The lowest BCUT2D eigenvalue weighted by molar-refractivity contribution is -0.117. The van der Waals surface area contributed by atoms with E-state index in [0.29, 0.717) is 18.3 Å². The first-order valence-corrected chi connectivity index (χ1v) is 5.34. The number of carbonyl (C=O) groups excluding carboxylic acids is 1. The number of amides is 1. The molecular formula is C8H9N5O2S. The van der Waals surface area contributed by atoms with Crippen LogP contribution in [0.2, 0.25) is 0 Å². The van der Waals surface area contributed by atoms with Gasteiger partial charge in [-0.15, -0.1) is 11.3 Å². The molecule has 0 aromatic carbocycles. The van der Waals surface area contributed by atoms with E-state index in [1.54, 1.807) is 11.7 Å². The average Bonchev–Trinajstić information content (AvgIpc) is 2.85. The predicted molar refractivity (Wildman–Crippen MR) is 56.3 cm³/mol. The molecule has 2 aromatic heterocycles. The van der Waals surface area contributed by atoms with E-state index < -0.39 is 5.91 Å². The standard InChI is InChI=1S/C8H9N5O2S/c9-6(14)2-10-3-7-12-8(13-15-7)5-1-11-4-16-5/h1,4,10H,2-3H2,(H2,9,14). The summed E-state index contributed by atoms with van der Waals surface area (Å²) in [5.74, 6) is 0.477. The van der Waals surface area contributed by atoms with Gasteiger partial charge in [-0.3, -0.25) is 15.1 Å². The summed E-state index contributed by atoms with van der Waals surface area (Å²) in [6.45, 7) is 0.396. The number of carbonyl (C=O) groups is 1. The number of hydrogen-bond acceptors (Lipinski definition) is 7. The highest BCUT2D eigenvalue weighted by Gasteiger charge is 2.09. The third-order valence-corrected chi connectivity index (χ3v) is 2.47. The first-order valence-electron chi connectivity index (χ1n) is 4.46. The summed E-state index contributed by atoms with van der Waals surface area (Å²) in [4.78, 5) is 19.3. The molecule has 2 heterocycles. The number of thiazole rings is 1. The number of hydrogen-bond donors (Lipinski definition) is 2. The molecule has 0 saturated carbocycles. The molecule has 7 nitrogen and oxygen atoms in total. The fourth-order valence-corrected chi connectivity index (χ4v) is 1.59. The zero-order valence-corrected chi connectivity index (χ0v) is 9.03. The third-order valence-electron chi connectivity index (χ3n) is 1.70. The van der Waals surface area contributed by atoms with E-state index in [1.165, 1.54) is 11.3 Å². The van der Waals surface area contributed by atoms with Gasteiger partial charge < -0.3 is 10.3 Å². The second-order valence-electron chi connectivity index (χ2n) is 2.95. The Labute approximate surface area is 94.7 Å². The van der Waals surface area contributed by atoms with Crippen LogP contribution in [-0.2, 0) is 11.3 Å². The highest BCUT2D eigenvalue weighted by molar-refractivity contribution is 7.13. The van der Waals surface area contributed by atoms with Crippen molar-refractivity contribution >= 4 is 17.2 Å². The number of rotatable bonds is 5. The zero-order chi connectivity index (χ0) is 11.4. The first kappa shape index (κ1) is 10.7. The average molecular weight is 239 g/mol. The van der Waals surface area contributed by atoms with Crippen LogP contribution in [0.25, 0.3) is 10.7 Å². The quantitative estimate of drug-likeness (QED) is 0.746. The maximum atomic E-state index is 10.5. The minimum atomic E-state index is -0.429. The molecule has 1 amide bonds. The van der Waals surface area contributed by atoms with E-state index in [-0.39, 0.29) is 6.54 Å². The first-order chi connectivity index (χ1) is 7.75. The highest BCUT2D eigenvalue weighted by atomic mass is 32.1. The van der Waals surface area contributed by atoms with E-state index in [4.69, 9.17) is 10.3 Å². The van der Waals surface area contributed by atoms with Crippen LogP contribution in [0, 0.1) is 0 Å². The van der Waals surface area contributed by atoms with Crippen molar-refractivity contribution in [1.82, 2.24) is 20.4 Å². The normalized spacial score (nSPS) is 10.5. The predicted octanol–water partition coefficient (Wildman–Crippen LogP) is -0.232. The van der Waals surface area contributed by atoms with Gasteiger partial charge in [-0.25, -0.2) is 0 Å². The summed E-state index contributed by atoms with van der Waals surface area (Å²) < 4.78 is 4.97. The molecule has 16 heavy (non-hydrogen) atoms.